The zero-order valence-electron chi connectivity index (χ0n) is 11.8. The normalized spacial score (nSPS) is 21.2. The summed E-state index contributed by atoms with van der Waals surface area (Å²) in [4.78, 5) is 0. The minimum absolute atomic E-state index is 0.221. The Morgan fingerprint density at radius 3 is 2.39 bits per heavy atom. The highest BCUT2D eigenvalue weighted by Crippen LogP contribution is 2.39. The first-order valence-corrected chi connectivity index (χ1v) is 9.59. The second-order valence-corrected chi connectivity index (χ2v) is 10.2. The van der Waals surface area contributed by atoms with Crippen molar-refractivity contribution < 1.29 is 4.43 Å². The summed E-state index contributed by atoms with van der Waals surface area (Å²) in [7, 11) is -1.53. The first kappa shape index (κ1) is 13.3. The smallest absolute Gasteiger partial charge is 0.191 e. The lowest BCUT2D eigenvalue weighted by Crippen LogP contribution is -2.45. The summed E-state index contributed by atoms with van der Waals surface area (Å²) in [5.41, 5.74) is 3.29. The molecule has 18 heavy (non-hydrogen) atoms. The van der Waals surface area contributed by atoms with Crippen LogP contribution in [-0.4, -0.2) is 13.9 Å². The predicted octanol–water partition coefficient (Wildman–Crippen LogP) is 4.64. The van der Waals surface area contributed by atoms with Crippen molar-refractivity contribution in [3.63, 3.8) is 0 Å². The highest BCUT2D eigenvalue weighted by atomic mass is 28.4. The zero-order chi connectivity index (χ0) is 13.4. The highest BCUT2D eigenvalue weighted by molar-refractivity contribution is 6.72. The molecule has 96 valence electrons. The van der Waals surface area contributed by atoms with Gasteiger partial charge in [-0.1, -0.05) is 43.0 Å². The topological polar surface area (TPSA) is 9.23 Å². The van der Waals surface area contributed by atoms with Gasteiger partial charge in [-0.3, -0.25) is 0 Å². The number of hydrogen-bond acceptors (Lipinski definition) is 1. The van der Waals surface area contributed by atoms with Crippen molar-refractivity contribution in [1.82, 2.24) is 0 Å². The van der Waals surface area contributed by atoms with Crippen LogP contribution in [0.2, 0.25) is 19.1 Å². The molecule has 1 aromatic rings. The second kappa shape index (κ2) is 4.52. The Bertz CT molecular complexity index is 483. The second-order valence-electron chi connectivity index (χ2n) is 6.04. The van der Waals surface area contributed by atoms with Gasteiger partial charge in [0, 0.05) is 0 Å². The Labute approximate surface area is 111 Å². The van der Waals surface area contributed by atoms with Crippen molar-refractivity contribution in [2.45, 2.75) is 38.6 Å². The van der Waals surface area contributed by atoms with E-state index in [1.54, 1.807) is 0 Å². The predicted molar refractivity (Wildman–Crippen MR) is 81.0 cm³/mol. The van der Waals surface area contributed by atoms with Gasteiger partial charge in [0.05, 0.1) is 5.60 Å². The van der Waals surface area contributed by atoms with E-state index in [4.69, 9.17) is 4.43 Å². The Morgan fingerprint density at radius 2 is 1.83 bits per heavy atom. The Hall–Kier alpha value is -1.12. The lowest BCUT2D eigenvalue weighted by molar-refractivity contribution is 0.138. The molecule has 0 unspecified atom stereocenters. The van der Waals surface area contributed by atoms with Gasteiger partial charge in [0.15, 0.2) is 8.32 Å². The van der Waals surface area contributed by atoms with Crippen molar-refractivity contribution in [2.24, 2.45) is 0 Å². The third kappa shape index (κ3) is 2.65. The summed E-state index contributed by atoms with van der Waals surface area (Å²) in [5, 5.41) is 0. The van der Waals surface area contributed by atoms with Crippen LogP contribution >= 0.6 is 0 Å². The minimum atomic E-state index is -1.53. The van der Waals surface area contributed by atoms with Crippen LogP contribution in [0.5, 0.6) is 0 Å². The van der Waals surface area contributed by atoms with E-state index in [1.807, 2.05) is 6.07 Å². The van der Waals surface area contributed by atoms with E-state index in [0.29, 0.717) is 0 Å². The molecule has 0 amide bonds. The molecular weight excluding hydrogens is 236 g/mol. The highest BCUT2D eigenvalue weighted by Gasteiger charge is 2.38. The molecule has 2 heteroatoms. The number of rotatable bonds is 2. The van der Waals surface area contributed by atoms with Gasteiger partial charge in [-0.25, -0.2) is 0 Å². The molecule has 1 heterocycles. The number of hydrogen-bond donors (Lipinski definition) is 0. The van der Waals surface area contributed by atoms with Gasteiger partial charge >= 0.3 is 0 Å². The molecule has 0 bridgehead atoms. The monoisotopic (exact) mass is 258 g/mol. The van der Waals surface area contributed by atoms with Gasteiger partial charge < -0.3 is 4.43 Å². The Balaban J connectivity index is 2.34. The molecule has 1 aliphatic heterocycles. The number of benzene rings is 1. The molecule has 0 N–H and O–H groups in total. The van der Waals surface area contributed by atoms with Crippen LogP contribution in [0.1, 0.15) is 19.4 Å². The molecule has 1 aromatic carbocycles. The standard InChI is InChI=1S/C16H22OSi/c1-13(14-9-7-6-8-10-14)15-11-12-18(4,5)17-16(15,2)3/h6-11H,1,12H2,2-5H3. The van der Waals surface area contributed by atoms with Crippen LogP contribution in [-0.2, 0) is 4.43 Å². The summed E-state index contributed by atoms with van der Waals surface area (Å²) in [6.07, 6.45) is 2.34. The average Bonchev–Trinajstić information content (AvgIpc) is 2.27. The molecule has 1 nitrogen and oxygen atoms in total. The van der Waals surface area contributed by atoms with Gasteiger partial charge in [0.2, 0.25) is 0 Å². The summed E-state index contributed by atoms with van der Waals surface area (Å²) >= 11 is 0. The lowest BCUT2D eigenvalue weighted by Gasteiger charge is -2.41. The van der Waals surface area contributed by atoms with Crippen molar-refractivity contribution in [3.8, 4) is 0 Å². The molecule has 0 saturated carbocycles. The molecular formula is C16H22OSi. The molecule has 0 aromatic heterocycles. The molecule has 0 fully saturated rings. The molecule has 1 aliphatic rings. The fraction of sp³-hybridized carbons (Fsp3) is 0.375. The summed E-state index contributed by atoms with van der Waals surface area (Å²) in [6, 6.07) is 11.4. The fourth-order valence-corrected chi connectivity index (χ4v) is 4.93. The Morgan fingerprint density at radius 1 is 1.22 bits per heavy atom. The van der Waals surface area contributed by atoms with Crippen LogP contribution in [0.15, 0.2) is 48.6 Å². The van der Waals surface area contributed by atoms with Crippen molar-refractivity contribution >= 4 is 13.9 Å². The van der Waals surface area contributed by atoms with E-state index >= 15 is 0 Å². The maximum Gasteiger partial charge on any atom is 0.191 e. The largest absolute Gasteiger partial charge is 0.408 e. The van der Waals surface area contributed by atoms with Gasteiger partial charge in [0.1, 0.15) is 0 Å². The van der Waals surface area contributed by atoms with E-state index in [9.17, 15) is 0 Å². The summed E-state index contributed by atoms with van der Waals surface area (Å²) < 4.78 is 6.33. The van der Waals surface area contributed by atoms with Gasteiger partial charge in [0.25, 0.3) is 0 Å². The van der Waals surface area contributed by atoms with Crippen LogP contribution in [0.4, 0.5) is 0 Å². The van der Waals surface area contributed by atoms with Crippen molar-refractivity contribution in [1.29, 1.82) is 0 Å². The average molecular weight is 258 g/mol. The third-order valence-electron chi connectivity index (χ3n) is 3.43. The van der Waals surface area contributed by atoms with E-state index in [2.05, 4.69) is 63.9 Å². The minimum Gasteiger partial charge on any atom is -0.408 e. The molecule has 0 aliphatic carbocycles. The van der Waals surface area contributed by atoms with Crippen LogP contribution in [0.25, 0.3) is 5.57 Å². The maximum atomic E-state index is 6.33. The third-order valence-corrected chi connectivity index (χ3v) is 5.68. The van der Waals surface area contributed by atoms with Crippen LogP contribution < -0.4 is 0 Å². The van der Waals surface area contributed by atoms with Crippen LogP contribution in [0, 0.1) is 0 Å². The first-order valence-electron chi connectivity index (χ1n) is 6.47. The van der Waals surface area contributed by atoms with Crippen LogP contribution in [0.3, 0.4) is 0 Å². The van der Waals surface area contributed by atoms with Crippen molar-refractivity contribution in [3.05, 3.63) is 54.1 Å². The lowest BCUT2D eigenvalue weighted by atomic mass is 9.88. The van der Waals surface area contributed by atoms with Gasteiger partial charge in [-0.2, -0.15) is 0 Å². The van der Waals surface area contributed by atoms with Gasteiger partial charge in [-0.15, -0.1) is 0 Å². The van der Waals surface area contributed by atoms with Crippen molar-refractivity contribution in [2.75, 3.05) is 0 Å². The van der Waals surface area contributed by atoms with E-state index in [0.717, 1.165) is 11.6 Å². The fourth-order valence-electron chi connectivity index (χ4n) is 2.66. The molecule has 0 radical (unpaired) electrons. The zero-order valence-corrected chi connectivity index (χ0v) is 12.8. The molecule has 0 spiro atoms. The SMILES string of the molecule is C=C(C1=CC[Si](C)(C)OC1(C)C)c1ccccc1. The number of allylic oxidation sites excluding steroid dienone is 1. The van der Waals surface area contributed by atoms with E-state index in [-0.39, 0.29) is 5.60 Å². The quantitative estimate of drug-likeness (QED) is 0.702. The maximum absolute atomic E-state index is 6.33. The van der Waals surface area contributed by atoms with E-state index in [1.165, 1.54) is 11.1 Å². The summed E-state index contributed by atoms with van der Waals surface area (Å²) in [6.45, 7) is 13.1. The molecule has 0 saturated heterocycles. The first-order chi connectivity index (χ1) is 8.32. The molecule has 2 rings (SSSR count). The summed E-state index contributed by atoms with van der Waals surface area (Å²) in [5.74, 6) is 0. The van der Waals surface area contributed by atoms with Gasteiger partial charge in [-0.05, 0) is 49.7 Å². The Kier molecular flexibility index (Phi) is 3.34. The van der Waals surface area contributed by atoms with E-state index < -0.39 is 8.32 Å². The molecule has 0 atom stereocenters.